The smallest absolute Gasteiger partial charge is 0.465 e. The first-order valence-corrected chi connectivity index (χ1v) is 7.97. The minimum absolute atomic E-state index is 0.0957. The largest absolute Gasteiger partial charge is 0.473 e. The average molecular weight is 364 g/mol. The highest BCUT2D eigenvalue weighted by molar-refractivity contribution is 8.12. The summed E-state index contributed by atoms with van der Waals surface area (Å²) in [6.45, 7) is 8.02. The number of benzene rings is 1. The zero-order chi connectivity index (χ0) is 18.7. The Hall–Kier alpha value is -1.80. The van der Waals surface area contributed by atoms with Crippen molar-refractivity contribution in [3.8, 4) is 5.75 Å². The second-order valence-electron chi connectivity index (χ2n) is 5.45. The number of aliphatic hydroxyl groups is 1. The van der Waals surface area contributed by atoms with E-state index in [1.165, 1.54) is 31.4 Å². The predicted molar refractivity (Wildman–Crippen MR) is 88.6 cm³/mol. The number of carbonyl (C=O) groups excluding carboxylic acids is 1. The summed E-state index contributed by atoms with van der Waals surface area (Å²) in [6, 6.07) is 3.95. The van der Waals surface area contributed by atoms with E-state index in [4.69, 9.17) is 4.18 Å². The van der Waals surface area contributed by atoms with Crippen LogP contribution in [-0.2, 0) is 10.2 Å². The standard InChI is InChI=1S/C16H19F3O4S/c1-6-15(3,4)12-9-11(14(21)22-5)7-8-13(12)23-24(10(2)20)16(17,18)19/h6-9,20H,1H2,2-5H3. The van der Waals surface area contributed by atoms with E-state index in [1.54, 1.807) is 13.8 Å². The van der Waals surface area contributed by atoms with Crippen LogP contribution in [0.1, 0.15) is 36.7 Å². The third kappa shape index (κ3) is 4.61. The molecule has 24 heavy (non-hydrogen) atoms. The SMILES string of the molecule is C=CC(C)(C)c1cc(C(=O)OC)ccc1O/S(=C(/C)O)C(F)(F)F. The van der Waals surface area contributed by atoms with E-state index in [1.807, 2.05) is 0 Å². The van der Waals surface area contributed by atoms with Crippen LogP contribution in [0.4, 0.5) is 13.2 Å². The van der Waals surface area contributed by atoms with Gasteiger partial charge in [-0.2, -0.15) is 13.2 Å². The van der Waals surface area contributed by atoms with Crippen molar-refractivity contribution in [3.05, 3.63) is 42.0 Å². The van der Waals surface area contributed by atoms with Gasteiger partial charge in [0.05, 0.1) is 12.7 Å². The van der Waals surface area contributed by atoms with Crippen molar-refractivity contribution in [2.45, 2.75) is 31.7 Å². The van der Waals surface area contributed by atoms with Gasteiger partial charge < -0.3 is 14.0 Å². The lowest BCUT2D eigenvalue weighted by Gasteiger charge is -2.25. The fourth-order valence-corrected chi connectivity index (χ4v) is 2.70. The summed E-state index contributed by atoms with van der Waals surface area (Å²) in [5, 5.41) is 8.44. The minimum atomic E-state index is -4.75. The summed E-state index contributed by atoms with van der Waals surface area (Å²) >= 11 is 0. The fourth-order valence-electron chi connectivity index (χ4n) is 1.83. The van der Waals surface area contributed by atoms with Crippen LogP contribution < -0.4 is 4.18 Å². The monoisotopic (exact) mass is 364 g/mol. The number of aliphatic hydroxyl groups excluding tert-OH is 1. The molecule has 0 amide bonds. The molecule has 1 aromatic rings. The maximum absolute atomic E-state index is 13.0. The second-order valence-corrected chi connectivity index (χ2v) is 7.20. The predicted octanol–water partition coefficient (Wildman–Crippen LogP) is 4.73. The quantitative estimate of drug-likeness (QED) is 0.466. The lowest BCUT2D eigenvalue weighted by molar-refractivity contribution is -0.0380. The van der Waals surface area contributed by atoms with Gasteiger partial charge in [-0.25, -0.2) is 4.79 Å². The zero-order valence-electron chi connectivity index (χ0n) is 13.7. The summed E-state index contributed by atoms with van der Waals surface area (Å²) in [6.07, 6.45) is 1.53. The Bertz CT molecular complexity index is 674. The summed E-state index contributed by atoms with van der Waals surface area (Å²) < 4.78 is 48.8. The molecular formula is C16H19F3O4S. The van der Waals surface area contributed by atoms with Gasteiger partial charge in [0, 0.05) is 11.0 Å². The topological polar surface area (TPSA) is 55.8 Å². The molecule has 0 heterocycles. The Labute approximate surface area is 141 Å². The molecule has 0 spiro atoms. The van der Waals surface area contributed by atoms with E-state index >= 15 is 0 Å². The molecule has 0 aromatic heterocycles. The van der Waals surface area contributed by atoms with Crippen molar-refractivity contribution in [3.63, 3.8) is 0 Å². The molecule has 0 aliphatic carbocycles. The highest BCUT2D eigenvalue weighted by Gasteiger charge is 2.38. The number of methoxy groups -OCH3 is 1. The van der Waals surface area contributed by atoms with Gasteiger partial charge in [0.2, 0.25) is 0 Å². The minimum Gasteiger partial charge on any atom is -0.465 e. The number of allylic oxidation sites excluding steroid dienone is 1. The molecule has 1 atom stereocenters. The molecule has 1 aromatic carbocycles. The van der Waals surface area contributed by atoms with E-state index in [0.29, 0.717) is 5.56 Å². The Morgan fingerprint density at radius 3 is 2.33 bits per heavy atom. The molecule has 0 fully saturated rings. The van der Waals surface area contributed by atoms with Crippen molar-refractivity contribution in [1.82, 2.24) is 0 Å². The molecular weight excluding hydrogens is 345 g/mol. The van der Waals surface area contributed by atoms with Crippen molar-refractivity contribution in [2.75, 3.05) is 7.11 Å². The Morgan fingerprint density at radius 2 is 1.92 bits per heavy atom. The number of hydrogen-bond acceptors (Lipinski definition) is 3. The number of alkyl halides is 3. The van der Waals surface area contributed by atoms with Crippen LogP contribution in [0.2, 0.25) is 0 Å². The molecule has 8 heteroatoms. The molecule has 0 bridgehead atoms. The summed E-state index contributed by atoms with van der Waals surface area (Å²) in [7, 11) is -1.58. The highest BCUT2D eigenvalue weighted by Crippen LogP contribution is 2.43. The molecule has 1 unspecified atom stereocenters. The van der Waals surface area contributed by atoms with Crippen molar-refractivity contribution < 1.29 is 32.0 Å². The summed E-state index contributed by atoms with van der Waals surface area (Å²) in [4.78, 5) is 11.7. The van der Waals surface area contributed by atoms with Crippen LogP contribution in [0.3, 0.4) is 0 Å². The normalized spacial score (nSPS) is 13.9. The molecule has 0 saturated heterocycles. The number of esters is 1. The summed E-state index contributed by atoms with van der Waals surface area (Å²) in [5.41, 5.74) is -5.03. The third-order valence-corrected chi connectivity index (χ3v) is 4.56. The van der Waals surface area contributed by atoms with Gasteiger partial charge >= 0.3 is 11.5 Å². The lowest BCUT2D eigenvalue weighted by atomic mass is 9.83. The maximum Gasteiger partial charge on any atom is 0.473 e. The van der Waals surface area contributed by atoms with Crippen molar-refractivity contribution >= 4 is 21.8 Å². The average Bonchev–Trinajstić information content (AvgIpc) is 2.50. The number of ether oxygens (including phenoxy) is 1. The Kier molecular flexibility index (Phi) is 6.24. The van der Waals surface area contributed by atoms with Gasteiger partial charge in [-0.3, -0.25) is 0 Å². The molecule has 0 aliphatic heterocycles. The van der Waals surface area contributed by atoms with Gasteiger partial charge in [0.1, 0.15) is 21.6 Å². The van der Waals surface area contributed by atoms with Gasteiger partial charge in [-0.05, 0) is 25.1 Å². The second kappa shape index (κ2) is 7.40. The van der Waals surface area contributed by atoms with Crippen LogP contribution in [0.15, 0.2) is 30.9 Å². The Morgan fingerprint density at radius 1 is 1.33 bits per heavy atom. The first-order valence-electron chi connectivity index (χ1n) is 6.82. The van der Waals surface area contributed by atoms with Crippen molar-refractivity contribution in [1.29, 1.82) is 0 Å². The summed E-state index contributed by atoms with van der Waals surface area (Å²) in [5.74, 6) is -0.719. The molecule has 0 saturated carbocycles. The van der Waals surface area contributed by atoms with Crippen LogP contribution in [-0.4, -0.2) is 28.7 Å². The molecule has 1 rings (SSSR count). The molecule has 0 aliphatic rings. The van der Waals surface area contributed by atoms with E-state index in [2.05, 4.69) is 11.3 Å². The van der Waals surface area contributed by atoms with Crippen LogP contribution >= 0.6 is 10.8 Å². The van der Waals surface area contributed by atoms with Gasteiger partial charge in [-0.15, -0.1) is 6.58 Å². The molecule has 0 radical (unpaired) electrons. The van der Waals surface area contributed by atoms with Gasteiger partial charge in [-0.1, -0.05) is 19.9 Å². The third-order valence-electron chi connectivity index (χ3n) is 3.26. The number of carbonyl (C=O) groups is 1. The van der Waals surface area contributed by atoms with Crippen LogP contribution in [0, 0.1) is 0 Å². The number of hydrogen-bond donors (Lipinski definition) is 1. The number of rotatable bonds is 5. The molecule has 134 valence electrons. The van der Waals surface area contributed by atoms with E-state index in [9.17, 15) is 23.1 Å². The zero-order valence-corrected chi connectivity index (χ0v) is 14.5. The van der Waals surface area contributed by atoms with Crippen LogP contribution in [0.25, 0.3) is 0 Å². The first kappa shape index (κ1) is 20.2. The van der Waals surface area contributed by atoms with Gasteiger partial charge in [0.25, 0.3) is 0 Å². The lowest BCUT2D eigenvalue weighted by Crippen LogP contribution is -2.18. The first-order chi connectivity index (χ1) is 10.9. The van der Waals surface area contributed by atoms with E-state index < -0.39 is 32.7 Å². The highest BCUT2D eigenvalue weighted by atomic mass is 32.2. The maximum atomic E-state index is 13.0. The fraction of sp³-hybridized carbons (Fsp3) is 0.375. The number of halogens is 3. The Balaban J connectivity index is 3.51. The van der Waals surface area contributed by atoms with Crippen molar-refractivity contribution in [2.24, 2.45) is 0 Å². The van der Waals surface area contributed by atoms with Gasteiger partial charge in [0.15, 0.2) is 0 Å². The van der Waals surface area contributed by atoms with E-state index in [0.717, 1.165) is 6.92 Å². The molecule has 4 nitrogen and oxygen atoms in total. The molecule has 1 N–H and O–H groups in total. The van der Waals surface area contributed by atoms with E-state index in [-0.39, 0.29) is 11.3 Å². The van der Waals surface area contributed by atoms with Crippen LogP contribution in [0.5, 0.6) is 5.75 Å².